The number of nitrogens with zero attached hydrogens (tertiary/aromatic N) is 1. The zero-order valence-corrected chi connectivity index (χ0v) is 9.25. The number of anilines is 1. The van der Waals surface area contributed by atoms with E-state index in [9.17, 15) is 14.9 Å². The van der Waals surface area contributed by atoms with E-state index in [1.54, 1.807) is 24.3 Å². The summed E-state index contributed by atoms with van der Waals surface area (Å²) in [7, 11) is 0. The summed E-state index contributed by atoms with van der Waals surface area (Å²) >= 11 is 0. The van der Waals surface area contributed by atoms with Crippen LogP contribution in [0.2, 0.25) is 0 Å². The van der Waals surface area contributed by atoms with Gasteiger partial charge < -0.3 is 10.1 Å². The van der Waals surface area contributed by atoms with Gasteiger partial charge in [0.05, 0.1) is 17.7 Å². The van der Waals surface area contributed by atoms with Crippen LogP contribution < -0.4 is 10.1 Å². The third kappa shape index (κ3) is 3.94. The highest BCUT2D eigenvalue weighted by atomic mass is 16.6. The van der Waals surface area contributed by atoms with Crippen LogP contribution in [0.1, 0.15) is 6.92 Å². The molecule has 0 saturated carbocycles. The largest absolute Gasteiger partial charge is 0.494 e. The molecular formula is C11H12N2O4. The number of rotatable bonds is 6. The summed E-state index contributed by atoms with van der Waals surface area (Å²) in [5, 5.41) is 13.0. The van der Waals surface area contributed by atoms with Crippen LogP contribution in [0, 0.1) is 10.1 Å². The minimum Gasteiger partial charge on any atom is -0.494 e. The lowest BCUT2D eigenvalue weighted by atomic mass is 10.3. The van der Waals surface area contributed by atoms with Gasteiger partial charge >= 0.3 is 5.70 Å². The summed E-state index contributed by atoms with van der Waals surface area (Å²) in [5.74, 6) is 0.715. The fourth-order valence-electron chi connectivity index (χ4n) is 1.10. The molecule has 0 aromatic heterocycles. The van der Waals surface area contributed by atoms with Gasteiger partial charge in [-0.1, -0.05) is 0 Å². The van der Waals surface area contributed by atoms with Crippen molar-refractivity contribution in [3.63, 3.8) is 0 Å². The molecule has 0 aliphatic heterocycles. The van der Waals surface area contributed by atoms with Crippen molar-refractivity contribution >= 4 is 12.0 Å². The lowest BCUT2D eigenvalue weighted by Gasteiger charge is -2.04. The first-order valence-electron chi connectivity index (χ1n) is 4.96. The topological polar surface area (TPSA) is 81.5 Å². The van der Waals surface area contributed by atoms with Crippen molar-refractivity contribution in [2.24, 2.45) is 0 Å². The molecule has 17 heavy (non-hydrogen) atoms. The van der Waals surface area contributed by atoms with Gasteiger partial charge in [0.15, 0.2) is 0 Å². The maximum atomic E-state index is 10.3. The summed E-state index contributed by atoms with van der Waals surface area (Å²) in [6, 6.07) is 6.85. The van der Waals surface area contributed by atoms with Crippen LogP contribution in [0.5, 0.6) is 5.75 Å². The minimum atomic E-state index is -0.755. The lowest BCUT2D eigenvalue weighted by molar-refractivity contribution is -0.417. The number of ether oxygens (including phenoxy) is 1. The van der Waals surface area contributed by atoms with Gasteiger partial charge in [-0.25, -0.2) is 0 Å². The van der Waals surface area contributed by atoms with Crippen LogP contribution in [0.15, 0.2) is 36.2 Å². The molecule has 0 heterocycles. The molecule has 0 spiro atoms. The van der Waals surface area contributed by atoms with E-state index in [0.717, 1.165) is 6.20 Å². The van der Waals surface area contributed by atoms with Crippen molar-refractivity contribution in [3.8, 4) is 5.75 Å². The highest BCUT2D eigenvalue weighted by Crippen LogP contribution is 2.15. The Morgan fingerprint density at radius 1 is 1.47 bits per heavy atom. The number of allylic oxidation sites excluding steroid dienone is 1. The van der Waals surface area contributed by atoms with Crippen LogP contribution in [-0.2, 0) is 4.79 Å². The van der Waals surface area contributed by atoms with E-state index in [2.05, 4.69) is 5.32 Å². The Balaban J connectivity index is 2.69. The molecule has 0 saturated heterocycles. The van der Waals surface area contributed by atoms with Gasteiger partial charge in [0.2, 0.25) is 6.29 Å². The van der Waals surface area contributed by atoms with Gasteiger partial charge in [-0.05, 0) is 31.2 Å². The second-order valence-corrected chi connectivity index (χ2v) is 3.05. The highest BCUT2D eigenvalue weighted by Gasteiger charge is 2.07. The van der Waals surface area contributed by atoms with E-state index in [1.165, 1.54) is 0 Å². The van der Waals surface area contributed by atoms with E-state index in [4.69, 9.17) is 4.74 Å². The standard InChI is InChI=1S/C11H12N2O4/c1-2-17-11-5-3-9(4-6-11)12-7-10(8-14)13(15)16/h3-8,12H,2H2,1H3. The smallest absolute Gasteiger partial charge is 0.324 e. The molecule has 1 aromatic carbocycles. The van der Waals surface area contributed by atoms with Gasteiger partial charge in [0, 0.05) is 5.69 Å². The average Bonchev–Trinajstić information content (AvgIpc) is 2.32. The van der Waals surface area contributed by atoms with Crippen LogP contribution in [0.3, 0.4) is 0 Å². The molecular weight excluding hydrogens is 224 g/mol. The summed E-state index contributed by atoms with van der Waals surface area (Å²) < 4.78 is 5.24. The molecule has 90 valence electrons. The van der Waals surface area contributed by atoms with Crippen molar-refractivity contribution in [1.82, 2.24) is 0 Å². The quantitative estimate of drug-likeness (QED) is 0.352. The maximum absolute atomic E-state index is 10.3. The van der Waals surface area contributed by atoms with Crippen LogP contribution in [-0.4, -0.2) is 17.8 Å². The lowest BCUT2D eigenvalue weighted by Crippen LogP contribution is -2.02. The maximum Gasteiger partial charge on any atom is 0.324 e. The molecule has 0 amide bonds. The Hall–Kier alpha value is -2.37. The number of carbonyl (C=O) groups excluding carboxylic acids is 1. The van der Waals surface area contributed by atoms with Crippen LogP contribution in [0.25, 0.3) is 0 Å². The number of benzene rings is 1. The van der Waals surface area contributed by atoms with E-state index in [-0.39, 0.29) is 6.29 Å². The van der Waals surface area contributed by atoms with E-state index in [1.807, 2.05) is 6.92 Å². The van der Waals surface area contributed by atoms with E-state index < -0.39 is 10.6 Å². The van der Waals surface area contributed by atoms with Crippen molar-refractivity contribution in [2.45, 2.75) is 6.92 Å². The van der Waals surface area contributed by atoms with Crippen LogP contribution in [0.4, 0.5) is 5.69 Å². The third-order valence-corrected chi connectivity index (χ3v) is 1.88. The Morgan fingerprint density at radius 2 is 2.12 bits per heavy atom. The summed E-state index contributed by atoms with van der Waals surface area (Å²) in [6.45, 7) is 2.45. The molecule has 6 heteroatoms. The van der Waals surface area contributed by atoms with Gasteiger partial charge in [-0.2, -0.15) is 0 Å². The fraction of sp³-hybridized carbons (Fsp3) is 0.182. The number of aldehydes is 1. The van der Waals surface area contributed by atoms with Gasteiger partial charge in [0.25, 0.3) is 0 Å². The molecule has 0 bridgehead atoms. The minimum absolute atomic E-state index is 0.182. The zero-order valence-electron chi connectivity index (χ0n) is 9.25. The fourth-order valence-corrected chi connectivity index (χ4v) is 1.10. The van der Waals surface area contributed by atoms with Gasteiger partial charge in [-0.3, -0.25) is 14.9 Å². The Kier molecular flexibility index (Phi) is 4.68. The van der Waals surface area contributed by atoms with Crippen molar-refractivity contribution in [3.05, 3.63) is 46.3 Å². The number of hydrogen-bond acceptors (Lipinski definition) is 5. The summed E-state index contributed by atoms with van der Waals surface area (Å²) in [4.78, 5) is 19.9. The Bertz CT molecular complexity index is 426. The number of nitrogens with one attached hydrogen (secondary N) is 1. The number of carbonyl (C=O) groups is 1. The molecule has 0 fully saturated rings. The monoisotopic (exact) mass is 236 g/mol. The average molecular weight is 236 g/mol. The number of hydrogen-bond donors (Lipinski definition) is 1. The third-order valence-electron chi connectivity index (χ3n) is 1.88. The molecule has 0 atom stereocenters. The van der Waals surface area contributed by atoms with Crippen molar-refractivity contribution in [2.75, 3.05) is 11.9 Å². The molecule has 0 aliphatic carbocycles. The van der Waals surface area contributed by atoms with E-state index >= 15 is 0 Å². The normalized spacial score (nSPS) is 10.8. The molecule has 0 unspecified atom stereocenters. The predicted molar refractivity (Wildman–Crippen MR) is 62.4 cm³/mol. The number of nitro groups is 1. The molecule has 0 aliphatic rings. The predicted octanol–water partition coefficient (Wildman–Crippen LogP) is 1.81. The first-order valence-corrected chi connectivity index (χ1v) is 4.96. The van der Waals surface area contributed by atoms with E-state index in [0.29, 0.717) is 18.0 Å². The zero-order chi connectivity index (χ0) is 12.7. The first-order chi connectivity index (χ1) is 8.17. The molecule has 1 rings (SSSR count). The summed E-state index contributed by atoms with van der Waals surface area (Å²) in [5.41, 5.74) is 0.105. The summed E-state index contributed by atoms with van der Waals surface area (Å²) in [6.07, 6.45) is 1.23. The molecule has 1 aromatic rings. The molecule has 0 radical (unpaired) electrons. The second kappa shape index (κ2) is 6.26. The van der Waals surface area contributed by atoms with Crippen molar-refractivity contribution < 1.29 is 14.5 Å². The van der Waals surface area contributed by atoms with Crippen molar-refractivity contribution in [1.29, 1.82) is 0 Å². The Labute approximate surface area is 98.0 Å². The first kappa shape index (κ1) is 12.7. The van der Waals surface area contributed by atoms with Gasteiger partial charge in [0.1, 0.15) is 5.75 Å². The van der Waals surface area contributed by atoms with Gasteiger partial charge in [-0.15, -0.1) is 0 Å². The molecule has 6 nitrogen and oxygen atoms in total. The molecule has 1 N–H and O–H groups in total. The highest BCUT2D eigenvalue weighted by molar-refractivity contribution is 5.70. The Morgan fingerprint density at radius 3 is 2.59 bits per heavy atom. The van der Waals surface area contributed by atoms with Crippen LogP contribution >= 0.6 is 0 Å². The SMILES string of the molecule is CCOc1ccc(NC=C(C=O)[N+](=O)[O-])cc1. The second-order valence-electron chi connectivity index (χ2n) is 3.05.